The molecule has 0 saturated heterocycles. The Labute approximate surface area is 332 Å². The SMILES string of the molecule is c1ccc(-c2nc(-c3ccc(-n4c5ccccc5c5ccc6c(c7ccccc7n6-c6ccccc6)c54)c(-c4ccccc4)c3)c3sc4ccccc4c3n2)cc1. The Morgan fingerprint density at radius 1 is 0.421 bits per heavy atom. The predicted octanol–water partition coefficient (Wildman–Crippen LogP) is 14.0. The molecule has 4 heterocycles. The fourth-order valence-corrected chi connectivity index (χ4v) is 10.00. The van der Waals surface area contributed by atoms with Gasteiger partial charge in [-0.1, -0.05) is 146 Å². The molecule has 0 radical (unpaired) electrons. The van der Waals surface area contributed by atoms with Crippen LogP contribution in [0.25, 0.3) is 109 Å². The van der Waals surface area contributed by atoms with Gasteiger partial charge in [0.2, 0.25) is 0 Å². The van der Waals surface area contributed by atoms with E-state index < -0.39 is 0 Å². The molecular weight excluding hydrogens is 713 g/mol. The second-order valence-corrected chi connectivity index (χ2v) is 15.6. The van der Waals surface area contributed by atoms with E-state index in [0.717, 1.165) is 60.7 Å². The van der Waals surface area contributed by atoms with Crippen molar-refractivity contribution in [3.05, 3.63) is 194 Å². The largest absolute Gasteiger partial charge is 0.309 e. The number of nitrogens with zero attached hydrogens (tertiary/aromatic N) is 4. The molecule has 12 rings (SSSR count). The molecular formula is C52H32N4S. The molecule has 0 saturated carbocycles. The smallest absolute Gasteiger partial charge is 0.160 e. The second-order valence-electron chi connectivity index (χ2n) is 14.5. The van der Waals surface area contributed by atoms with E-state index in [2.05, 4.69) is 197 Å². The Bertz CT molecular complexity index is 3510. The summed E-state index contributed by atoms with van der Waals surface area (Å²) in [5.41, 5.74) is 13.3. The molecule has 0 spiro atoms. The molecule has 266 valence electrons. The third-order valence-electron chi connectivity index (χ3n) is 11.3. The monoisotopic (exact) mass is 744 g/mol. The molecule has 0 fully saturated rings. The highest BCUT2D eigenvalue weighted by Crippen LogP contribution is 2.45. The summed E-state index contributed by atoms with van der Waals surface area (Å²) in [7, 11) is 0. The first-order valence-corrected chi connectivity index (χ1v) is 20.1. The minimum atomic E-state index is 0.728. The van der Waals surface area contributed by atoms with Crippen molar-refractivity contribution in [3.63, 3.8) is 0 Å². The van der Waals surface area contributed by atoms with E-state index in [1.54, 1.807) is 11.3 Å². The minimum Gasteiger partial charge on any atom is -0.309 e. The summed E-state index contributed by atoms with van der Waals surface area (Å²) < 4.78 is 7.21. The van der Waals surface area contributed by atoms with E-state index in [0.29, 0.717) is 0 Å². The maximum atomic E-state index is 5.36. The number of hydrogen-bond acceptors (Lipinski definition) is 3. The van der Waals surface area contributed by atoms with Crippen molar-refractivity contribution in [1.29, 1.82) is 0 Å². The number of rotatable bonds is 5. The number of hydrogen-bond donors (Lipinski definition) is 0. The van der Waals surface area contributed by atoms with Gasteiger partial charge in [0.1, 0.15) is 0 Å². The van der Waals surface area contributed by atoms with Crippen LogP contribution in [0.15, 0.2) is 194 Å². The Hall–Kier alpha value is -7.34. The van der Waals surface area contributed by atoms with Gasteiger partial charge in [-0.25, -0.2) is 9.97 Å². The van der Waals surface area contributed by atoms with Crippen molar-refractivity contribution in [2.45, 2.75) is 0 Å². The summed E-state index contributed by atoms with van der Waals surface area (Å²) in [6, 6.07) is 69.6. The second kappa shape index (κ2) is 12.6. The van der Waals surface area contributed by atoms with E-state index in [1.807, 2.05) is 6.07 Å². The number of thiophene rings is 1. The van der Waals surface area contributed by atoms with Crippen LogP contribution >= 0.6 is 11.3 Å². The van der Waals surface area contributed by atoms with Crippen molar-refractivity contribution >= 4 is 75.3 Å². The molecule has 0 aliphatic rings. The number of para-hydroxylation sites is 3. The van der Waals surface area contributed by atoms with Gasteiger partial charge in [-0.15, -0.1) is 11.3 Å². The summed E-state index contributed by atoms with van der Waals surface area (Å²) >= 11 is 1.76. The average molecular weight is 745 g/mol. The highest BCUT2D eigenvalue weighted by Gasteiger charge is 2.23. The molecule has 0 bridgehead atoms. The van der Waals surface area contributed by atoms with Crippen LogP contribution in [0.4, 0.5) is 0 Å². The molecule has 0 atom stereocenters. The summed E-state index contributed by atoms with van der Waals surface area (Å²) in [6.07, 6.45) is 0. The quantitative estimate of drug-likeness (QED) is 0.176. The Morgan fingerprint density at radius 2 is 1.05 bits per heavy atom. The minimum absolute atomic E-state index is 0.728. The zero-order chi connectivity index (χ0) is 37.5. The molecule has 0 unspecified atom stereocenters. The van der Waals surface area contributed by atoms with E-state index in [4.69, 9.17) is 9.97 Å². The molecule has 4 nitrogen and oxygen atoms in total. The Balaban J connectivity index is 1.19. The van der Waals surface area contributed by atoms with E-state index in [1.165, 1.54) is 48.3 Å². The van der Waals surface area contributed by atoms with Gasteiger partial charge in [-0.3, -0.25) is 0 Å². The van der Waals surface area contributed by atoms with Crippen molar-refractivity contribution < 1.29 is 0 Å². The zero-order valence-corrected chi connectivity index (χ0v) is 31.5. The standard InChI is InChI=1S/C52H32N4S/c1-4-16-33(17-5-1)41-32-35(48-51-49(40-24-12-15-27-46(40)57-51)54-52(53-48)34-18-6-2-7-19-34)28-30-44(41)56-42-25-13-10-22-37(42)38-29-31-45-47(50(38)56)39-23-11-14-26-43(39)55(45)36-20-8-3-9-21-36/h1-32H. The summed E-state index contributed by atoms with van der Waals surface area (Å²) in [5.74, 6) is 0.728. The van der Waals surface area contributed by atoms with Gasteiger partial charge in [-0.2, -0.15) is 0 Å². The average Bonchev–Trinajstić information content (AvgIpc) is 3.94. The predicted molar refractivity (Wildman–Crippen MR) is 240 cm³/mol. The van der Waals surface area contributed by atoms with Crippen molar-refractivity contribution in [2.75, 3.05) is 0 Å². The van der Waals surface area contributed by atoms with Crippen LogP contribution in [0.3, 0.4) is 0 Å². The number of benzene rings is 8. The van der Waals surface area contributed by atoms with Gasteiger partial charge in [0.25, 0.3) is 0 Å². The molecule has 12 aromatic rings. The van der Waals surface area contributed by atoms with E-state index in [-0.39, 0.29) is 0 Å². The fraction of sp³-hybridized carbons (Fsp3) is 0. The lowest BCUT2D eigenvalue weighted by atomic mass is 9.98. The van der Waals surface area contributed by atoms with E-state index in [9.17, 15) is 0 Å². The third-order valence-corrected chi connectivity index (χ3v) is 12.5. The first-order valence-electron chi connectivity index (χ1n) is 19.3. The van der Waals surface area contributed by atoms with Gasteiger partial charge in [-0.05, 0) is 54.1 Å². The van der Waals surface area contributed by atoms with E-state index >= 15 is 0 Å². The van der Waals surface area contributed by atoms with Crippen LogP contribution < -0.4 is 0 Å². The molecule has 0 aliphatic heterocycles. The maximum Gasteiger partial charge on any atom is 0.160 e. The van der Waals surface area contributed by atoms with Gasteiger partial charge in [0.15, 0.2) is 5.82 Å². The molecule has 57 heavy (non-hydrogen) atoms. The molecule has 4 aromatic heterocycles. The third kappa shape index (κ3) is 4.86. The summed E-state index contributed by atoms with van der Waals surface area (Å²) in [5, 5.41) is 6.07. The van der Waals surface area contributed by atoms with Gasteiger partial charge in [0.05, 0.1) is 43.7 Å². The first-order chi connectivity index (χ1) is 28.3. The highest BCUT2D eigenvalue weighted by molar-refractivity contribution is 7.26. The number of aromatic nitrogens is 4. The number of fused-ring (bicyclic) bond motifs is 10. The van der Waals surface area contributed by atoms with Crippen molar-refractivity contribution in [3.8, 4) is 45.1 Å². The van der Waals surface area contributed by atoms with Crippen LogP contribution in [0.1, 0.15) is 0 Å². The van der Waals surface area contributed by atoms with Crippen molar-refractivity contribution in [1.82, 2.24) is 19.1 Å². The zero-order valence-electron chi connectivity index (χ0n) is 30.7. The maximum absolute atomic E-state index is 5.36. The van der Waals surface area contributed by atoms with Crippen LogP contribution in [0.2, 0.25) is 0 Å². The Morgan fingerprint density at radius 3 is 1.82 bits per heavy atom. The fourth-order valence-electron chi connectivity index (χ4n) is 8.84. The molecule has 5 heteroatoms. The summed E-state index contributed by atoms with van der Waals surface area (Å²) in [4.78, 5) is 10.6. The normalized spacial score (nSPS) is 11.9. The van der Waals surface area contributed by atoms with Gasteiger partial charge < -0.3 is 9.13 Å². The van der Waals surface area contributed by atoms with Gasteiger partial charge in [0, 0.05) is 54.0 Å². The van der Waals surface area contributed by atoms with Crippen LogP contribution in [-0.4, -0.2) is 19.1 Å². The van der Waals surface area contributed by atoms with Gasteiger partial charge >= 0.3 is 0 Å². The summed E-state index contributed by atoms with van der Waals surface area (Å²) in [6.45, 7) is 0. The lowest BCUT2D eigenvalue weighted by Gasteiger charge is -2.17. The molecule has 0 N–H and O–H groups in total. The first kappa shape index (κ1) is 32.0. The topological polar surface area (TPSA) is 35.6 Å². The lowest BCUT2D eigenvalue weighted by Crippen LogP contribution is -1.99. The molecule has 8 aromatic carbocycles. The van der Waals surface area contributed by atoms with Crippen LogP contribution in [-0.2, 0) is 0 Å². The molecule has 0 aliphatic carbocycles. The van der Waals surface area contributed by atoms with Crippen LogP contribution in [0, 0.1) is 0 Å². The highest BCUT2D eigenvalue weighted by atomic mass is 32.1. The lowest BCUT2D eigenvalue weighted by molar-refractivity contribution is 1.17. The Kier molecular flexibility index (Phi) is 7.06. The molecule has 0 amide bonds. The van der Waals surface area contributed by atoms with Crippen LogP contribution in [0.5, 0.6) is 0 Å². The van der Waals surface area contributed by atoms with Crippen molar-refractivity contribution in [2.24, 2.45) is 0 Å².